The first-order valence-electron chi connectivity index (χ1n) is 6.19. The van der Waals surface area contributed by atoms with Gasteiger partial charge in [-0.3, -0.25) is 4.79 Å². The number of aromatic nitrogens is 2. The topological polar surface area (TPSA) is 85.2 Å². The highest BCUT2D eigenvalue weighted by atomic mass is 35.5. The summed E-state index contributed by atoms with van der Waals surface area (Å²) < 4.78 is 4.70. The van der Waals surface area contributed by atoms with Gasteiger partial charge in [0.15, 0.2) is 5.82 Å². The lowest BCUT2D eigenvalue weighted by atomic mass is 10.0. The fourth-order valence-corrected chi connectivity index (χ4v) is 1.80. The standard InChI is InChI=1S/C12H22N4O2S.ClH/c1-6-9-14-8(15-18-9)7-16(4)11(17)10(13)12(2,3)19-5;/h10H,6-7,13H2,1-5H3;1H/t10-;/m1./s1. The van der Waals surface area contributed by atoms with Crippen LogP contribution in [0.2, 0.25) is 0 Å². The van der Waals surface area contributed by atoms with Crippen molar-refractivity contribution in [1.82, 2.24) is 15.0 Å². The predicted molar refractivity (Wildman–Crippen MR) is 83.0 cm³/mol. The van der Waals surface area contributed by atoms with Crippen LogP contribution in [0.4, 0.5) is 0 Å². The Morgan fingerprint density at radius 2 is 2.15 bits per heavy atom. The molecule has 116 valence electrons. The molecule has 1 aromatic heterocycles. The van der Waals surface area contributed by atoms with Crippen LogP contribution in [0, 0.1) is 0 Å². The summed E-state index contributed by atoms with van der Waals surface area (Å²) in [7, 11) is 1.70. The zero-order chi connectivity index (χ0) is 14.6. The number of rotatable bonds is 6. The molecule has 1 heterocycles. The smallest absolute Gasteiger partial charge is 0.241 e. The van der Waals surface area contributed by atoms with Gasteiger partial charge in [-0.2, -0.15) is 16.7 Å². The number of hydrogen-bond acceptors (Lipinski definition) is 6. The van der Waals surface area contributed by atoms with Gasteiger partial charge in [0.2, 0.25) is 11.8 Å². The third kappa shape index (κ3) is 4.64. The molecule has 0 saturated heterocycles. The molecule has 2 N–H and O–H groups in total. The number of hydrogen-bond donors (Lipinski definition) is 1. The van der Waals surface area contributed by atoms with E-state index in [-0.39, 0.29) is 23.1 Å². The summed E-state index contributed by atoms with van der Waals surface area (Å²) in [4.78, 5) is 17.9. The number of thioether (sulfide) groups is 1. The molecule has 0 saturated carbocycles. The van der Waals surface area contributed by atoms with Crippen LogP contribution in [-0.2, 0) is 17.8 Å². The van der Waals surface area contributed by atoms with Gasteiger partial charge in [-0.05, 0) is 20.1 Å². The van der Waals surface area contributed by atoms with Crippen molar-refractivity contribution in [1.29, 1.82) is 0 Å². The first-order valence-corrected chi connectivity index (χ1v) is 7.41. The molecule has 0 spiro atoms. The fraction of sp³-hybridized carbons (Fsp3) is 0.750. The summed E-state index contributed by atoms with van der Waals surface area (Å²) >= 11 is 1.57. The number of halogens is 1. The molecule has 8 heteroatoms. The minimum Gasteiger partial charge on any atom is -0.339 e. The molecule has 0 unspecified atom stereocenters. The molecule has 0 radical (unpaired) electrons. The van der Waals surface area contributed by atoms with Gasteiger partial charge in [0.1, 0.15) is 0 Å². The number of carbonyl (C=O) groups excluding carboxylic acids is 1. The van der Waals surface area contributed by atoms with Gasteiger partial charge >= 0.3 is 0 Å². The van der Waals surface area contributed by atoms with E-state index < -0.39 is 6.04 Å². The second-order valence-corrected chi connectivity index (χ2v) is 6.40. The molecule has 0 aliphatic heterocycles. The van der Waals surface area contributed by atoms with E-state index >= 15 is 0 Å². The fourth-order valence-electron chi connectivity index (χ4n) is 1.45. The summed E-state index contributed by atoms with van der Waals surface area (Å²) in [6.07, 6.45) is 2.63. The maximum Gasteiger partial charge on any atom is 0.241 e. The summed E-state index contributed by atoms with van der Waals surface area (Å²) in [6, 6.07) is -0.565. The summed E-state index contributed by atoms with van der Waals surface area (Å²) in [5.74, 6) is 0.952. The van der Waals surface area contributed by atoms with E-state index in [4.69, 9.17) is 10.3 Å². The largest absolute Gasteiger partial charge is 0.339 e. The summed E-state index contributed by atoms with van der Waals surface area (Å²) in [5.41, 5.74) is 6.02. The molecule has 1 amide bonds. The van der Waals surface area contributed by atoms with Crippen LogP contribution < -0.4 is 5.73 Å². The lowest BCUT2D eigenvalue weighted by Crippen LogP contribution is -2.52. The van der Waals surface area contributed by atoms with Gasteiger partial charge < -0.3 is 15.2 Å². The van der Waals surface area contributed by atoms with Crippen LogP contribution in [0.5, 0.6) is 0 Å². The third-order valence-corrected chi connectivity index (χ3v) is 4.41. The van der Waals surface area contributed by atoms with Crippen molar-refractivity contribution in [3.63, 3.8) is 0 Å². The Bertz CT molecular complexity index is 439. The first kappa shape index (κ1) is 19.2. The highest BCUT2D eigenvalue weighted by Crippen LogP contribution is 2.25. The van der Waals surface area contributed by atoms with Crippen LogP contribution in [0.1, 0.15) is 32.5 Å². The second-order valence-electron chi connectivity index (χ2n) is 4.94. The average molecular weight is 323 g/mol. The molecule has 0 fully saturated rings. The van der Waals surface area contributed by atoms with Gasteiger partial charge in [0.25, 0.3) is 0 Å². The van der Waals surface area contributed by atoms with Gasteiger partial charge in [-0.1, -0.05) is 12.1 Å². The molecule has 0 aliphatic carbocycles. The molecule has 20 heavy (non-hydrogen) atoms. The van der Waals surface area contributed by atoms with Gasteiger partial charge in [-0.25, -0.2) is 0 Å². The van der Waals surface area contributed by atoms with Crippen molar-refractivity contribution in [2.75, 3.05) is 13.3 Å². The average Bonchev–Trinajstić information content (AvgIpc) is 2.84. The van der Waals surface area contributed by atoms with Crippen molar-refractivity contribution in [3.05, 3.63) is 11.7 Å². The maximum absolute atomic E-state index is 12.2. The minimum atomic E-state index is -0.565. The summed E-state index contributed by atoms with van der Waals surface area (Å²) in [6.45, 7) is 6.15. The van der Waals surface area contributed by atoms with Gasteiger partial charge in [0, 0.05) is 18.2 Å². The molecule has 1 atom stereocenters. The minimum absolute atomic E-state index is 0. The van der Waals surface area contributed by atoms with Gasteiger partial charge in [0.05, 0.1) is 12.6 Å². The molecule has 1 rings (SSSR count). The number of amides is 1. The normalized spacial score (nSPS) is 12.7. The lowest BCUT2D eigenvalue weighted by Gasteiger charge is -2.31. The summed E-state index contributed by atoms with van der Waals surface area (Å²) in [5, 5.41) is 3.83. The Balaban J connectivity index is 0.00000361. The Morgan fingerprint density at radius 3 is 2.60 bits per heavy atom. The van der Waals surface area contributed by atoms with Crippen LogP contribution >= 0.6 is 24.2 Å². The van der Waals surface area contributed by atoms with E-state index in [9.17, 15) is 4.79 Å². The van der Waals surface area contributed by atoms with Crippen molar-refractivity contribution in [2.24, 2.45) is 5.73 Å². The zero-order valence-electron chi connectivity index (χ0n) is 12.5. The van der Waals surface area contributed by atoms with Crippen LogP contribution in [0.15, 0.2) is 4.52 Å². The maximum atomic E-state index is 12.2. The van der Waals surface area contributed by atoms with Crippen LogP contribution in [-0.4, -0.2) is 45.0 Å². The molecule has 0 aromatic carbocycles. The number of nitrogens with zero attached hydrogens (tertiary/aromatic N) is 3. The third-order valence-electron chi connectivity index (χ3n) is 3.11. The van der Waals surface area contributed by atoms with E-state index in [0.29, 0.717) is 24.7 Å². The van der Waals surface area contributed by atoms with Crippen LogP contribution in [0.25, 0.3) is 0 Å². The number of aryl methyl sites for hydroxylation is 1. The van der Waals surface area contributed by atoms with E-state index in [2.05, 4.69) is 10.1 Å². The Morgan fingerprint density at radius 1 is 1.55 bits per heavy atom. The van der Waals surface area contributed by atoms with Crippen molar-refractivity contribution in [3.8, 4) is 0 Å². The van der Waals surface area contributed by atoms with E-state index in [1.165, 1.54) is 4.90 Å². The molecular weight excluding hydrogens is 300 g/mol. The van der Waals surface area contributed by atoms with E-state index in [1.807, 2.05) is 27.0 Å². The molecule has 0 bridgehead atoms. The lowest BCUT2D eigenvalue weighted by molar-refractivity contribution is -0.132. The second kappa shape index (κ2) is 7.85. The zero-order valence-corrected chi connectivity index (χ0v) is 14.2. The Hall–Kier alpha value is -0.790. The van der Waals surface area contributed by atoms with E-state index in [1.54, 1.807) is 18.8 Å². The molecule has 6 nitrogen and oxygen atoms in total. The number of likely N-dealkylation sites (N-methyl/N-ethyl adjacent to an activating group) is 1. The van der Waals surface area contributed by atoms with Crippen LogP contribution in [0.3, 0.4) is 0 Å². The monoisotopic (exact) mass is 322 g/mol. The molecule has 1 aromatic rings. The van der Waals surface area contributed by atoms with Gasteiger partial charge in [-0.15, -0.1) is 12.4 Å². The van der Waals surface area contributed by atoms with Crippen molar-refractivity contribution >= 4 is 30.1 Å². The molecule has 0 aliphatic rings. The Labute approximate surface area is 130 Å². The van der Waals surface area contributed by atoms with Crippen molar-refractivity contribution < 1.29 is 9.32 Å². The SMILES string of the molecule is CCc1nc(CN(C)C(=O)[C@@H](N)C(C)(C)SC)no1.Cl. The highest BCUT2D eigenvalue weighted by Gasteiger charge is 2.33. The quantitative estimate of drug-likeness (QED) is 0.854. The first-order chi connectivity index (χ1) is 8.81. The number of carbonyl (C=O) groups is 1. The number of nitrogens with two attached hydrogens (primary N) is 1. The highest BCUT2D eigenvalue weighted by molar-refractivity contribution is 8.00. The van der Waals surface area contributed by atoms with E-state index in [0.717, 1.165) is 0 Å². The molecular formula is C12H23ClN4O2S. The Kier molecular flexibility index (Phi) is 7.54. The predicted octanol–water partition coefficient (Wildman–Crippen LogP) is 1.48. The van der Waals surface area contributed by atoms with Crippen molar-refractivity contribution in [2.45, 2.75) is 44.5 Å².